The van der Waals surface area contributed by atoms with Crippen LogP contribution in [0.4, 0.5) is 0 Å². The molecule has 106 valence electrons. The van der Waals surface area contributed by atoms with Crippen molar-refractivity contribution in [3.8, 4) is 5.75 Å². The van der Waals surface area contributed by atoms with Crippen LogP contribution in [0.1, 0.15) is 29.9 Å². The molecule has 0 aliphatic rings. The fraction of sp³-hybridized carbons (Fsp3) is 0.333. The first-order chi connectivity index (χ1) is 9.69. The molecule has 0 fully saturated rings. The quantitative estimate of drug-likeness (QED) is 0.847. The Bertz CT molecular complexity index is 552. The Labute approximate surface area is 118 Å². The summed E-state index contributed by atoms with van der Waals surface area (Å²) in [5, 5.41) is 2.96. The van der Waals surface area contributed by atoms with Gasteiger partial charge in [-0.25, -0.2) is 4.98 Å². The zero-order chi connectivity index (χ0) is 14.4. The SMILES string of the molecule is CCOc1cccc(C(=O)NC(C)Cc2cnc[nH]2)c1. The van der Waals surface area contributed by atoms with Gasteiger partial charge >= 0.3 is 0 Å². The third kappa shape index (κ3) is 3.85. The van der Waals surface area contributed by atoms with E-state index in [1.807, 2.05) is 26.0 Å². The molecule has 1 aromatic carbocycles. The minimum atomic E-state index is -0.0985. The van der Waals surface area contributed by atoms with Gasteiger partial charge in [-0.2, -0.15) is 0 Å². The van der Waals surface area contributed by atoms with Crippen molar-refractivity contribution in [2.24, 2.45) is 0 Å². The number of H-pyrrole nitrogens is 1. The number of nitrogens with one attached hydrogen (secondary N) is 2. The van der Waals surface area contributed by atoms with Gasteiger partial charge in [0.1, 0.15) is 5.75 Å². The zero-order valence-electron chi connectivity index (χ0n) is 11.7. The molecule has 0 spiro atoms. The summed E-state index contributed by atoms with van der Waals surface area (Å²) in [4.78, 5) is 19.1. The maximum absolute atomic E-state index is 12.1. The van der Waals surface area contributed by atoms with Crippen LogP contribution in [0.25, 0.3) is 0 Å². The molecule has 2 aromatic rings. The van der Waals surface area contributed by atoms with Gasteiger partial charge in [-0.3, -0.25) is 4.79 Å². The molecule has 5 heteroatoms. The minimum absolute atomic E-state index is 0.0266. The molecule has 0 radical (unpaired) electrons. The summed E-state index contributed by atoms with van der Waals surface area (Å²) in [5.41, 5.74) is 1.60. The van der Waals surface area contributed by atoms with E-state index in [1.165, 1.54) is 0 Å². The minimum Gasteiger partial charge on any atom is -0.494 e. The molecule has 2 N–H and O–H groups in total. The van der Waals surface area contributed by atoms with Crippen molar-refractivity contribution in [1.82, 2.24) is 15.3 Å². The second kappa shape index (κ2) is 6.75. The highest BCUT2D eigenvalue weighted by Crippen LogP contribution is 2.13. The van der Waals surface area contributed by atoms with Crippen molar-refractivity contribution < 1.29 is 9.53 Å². The molecule has 2 rings (SSSR count). The predicted molar refractivity (Wildman–Crippen MR) is 76.8 cm³/mol. The van der Waals surface area contributed by atoms with E-state index in [0.717, 1.165) is 12.1 Å². The average Bonchev–Trinajstić information content (AvgIpc) is 2.92. The molecule has 1 aromatic heterocycles. The van der Waals surface area contributed by atoms with E-state index in [0.29, 0.717) is 17.9 Å². The lowest BCUT2D eigenvalue weighted by atomic mass is 10.1. The number of carbonyl (C=O) groups is 1. The van der Waals surface area contributed by atoms with Gasteiger partial charge in [0.15, 0.2) is 0 Å². The van der Waals surface area contributed by atoms with Gasteiger partial charge in [0.25, 0.3) is 5.91 Å². The number of aromatic nitrogens is 2. The summed E-state index contributed by atoms with van der Waals surface area (Å²) < 4.78 is 5.39. The lowest BCUT2D eigenvalue weighted by Gasteiger charge is -2.13. The zero-order valence-corrected chi connectivity index (χ0v) is 11.7. The Morgan fingerprint density at radius 3 is 3.05 bits per heavy atom. The number of carbonyl (C=O) groups excluding carboxylic acids is 1. The molecular weight excluding hydrogens is 254 g/mol. The number of hydrogen-bond acceptors (Lipinski definition) is 3. The predicted octanol–water partition coefficient (Wildman–Crippen LogP) is 2.17. The largest absolute Gasteiger partial charge is 0.494 e. The van der Waals surface area contributed by atoms with Crippen LogP contribution in [0.15, 0.2) is 36.8 Å². The van der Waals surface area contributed by atoms with Crippen LogP contribution in [-0.2, 0) is 6.42 Å². The van der Waals surface area contributed by atoms with Crippen LogP contribution in [0.3, 0.4) is 0 Å². The van der Waals surface area contributed by atoms with E-state index in [9.17, 15) is 4.79 Å². The van der Waals surface area contributed by atoms with Gasteiger partial charge in [0, 0.05) is 29.9 Å². The molecular formula is C15H19N3O2. The standard InChI is InChI=1S/C15H19N3O2/c1-3-20-14-6-4-5-12(8-14)15(19)18-11(2)7-13-9-16-10-17-13/h4-6,8-11H,3,7H2,1-2H3,(H,16,17)(H,18,19). The second-order valence-electron chi connectivity index (χ2n) is 4.62. The number of hydrogen-bond donors (Lipinski definition) is 2. The van der Waals surface area contributed by atoms with Crippen LogP contribution < -0.4 is 10.1 Å². The molecule has 1 amide bonds. The van der Waals surface area contributed by atoms with E-state index in [-0.39, 0.29) is 11.9 Å². The van der Waals surface area contributed by atoms with Crippen LogP contribution in [-0.4, -0.2) is 28.5 Å². The first-order valence-corrected chi connectivity index (χ1v) is 6.70. The molecule has 0 aliphatic carbocycles. The number of imidazole rings is 1. The third-order valence-corrected chi connectivity index (χ3v) is 2.87. The molecule has 0 saturated heterocycles. The van der Waals surface area contributed by atoms with Crippen molar-refractivity contribution in [2.45, 2.75) is 26.3 Å². The van der Waals surface area contributed by atoms with E-state index < -0.39 is 0 Å². The average molecular weight is 273 g/mol. The second-order valence-corrected chi connectivity index (χ2v) is 4.62. The van der Waals surface area contributed by atoms with Gasteiger partial charge in [-0.05, 0) is 32.0 Å². The maximum atomic E-state index is 12.1. The van der Waals surface area contributed by atoms with Crippen molar-refractivity contribution in [3.05, 3.63) is 48.0 Å². The van der Waals surface area contributed by atoms with E-state index in [4.69, 9.17) is 4.74 Å². The fourth-order valence-corrected chi connectivity index (χ4v) is 1.98. The number of ether oxygens (including phenoxy) is 1. The topological polar surface area (TPSA) is 67.0 Å². The normalized spacial score (nSPS) is 11.9. The summed E-state index contributed by atoms with van der Waals surface area (Å²) in [6, 6.07) is 7.22. The maximum Gasteiger partial charge on any atom is 0.251 e. The van der Waals surface area contributed by atoms with Crippen molar-refractivity contribution in [3.63, 3.8) is 0 Å². The Balaban J connectivity index is 1.95. The van der Waals surface area contributed by atoms with Crippen LogP contribution in [0.5, 0.6) is 5.75 Å². The van der Waals surface area contributed by atoms with Crippen LogP contribution in [0, 0.1) is 0 Å². The summed E-state index contributed by atoms with van der Waals surface area (Å²) in [6.45, 7) is 4.46. The van der Waals surface area contributed by atoms with E-state index >= 15 is 0 Å². The molecule has 0 bridgehead atoms. The van der Waals surface area contributed by atoms with Gasteiger partial charge in [0.05, 0.1) is 12.9 Å². The van der Waals surface area contributed by atoms with Gasteiger partial charge < -0.3 is 15.0 Å². The molecule has 1 unspecified atom stereocenters. The van der Waals surface area contributed by atoms with E-state index in [2.05, 4.69) is 15.3 Å². The molecule has 5 nitrogen and oxygen atoms in total. The Kier molecular flexibility index (Phi) is 4.76. The summed E-state index contributed by atoms with van der Waals surface area (Å²) in [5.74, 6) is 0.611. The summed E-state index contributed by atoms with van der Waals surface area (Å²) in [7, 11) is 0. The lowest BCUT2D eigenvalue weighted by molar-refractivity contribution is 0.0939. The molecule has 20 heavy (non-hydrogen) atoms. The van der Waals surface area contributed by atoms with Gasteiger partial charge in [0.2, 0.25) is 0 Å². The number of amides is 1. The highest BCUT2D eigenvalue weighted by molar-refractivity contribution is 5.94. The summed E-state index contributed by atoms with van der Waals surface area (Å²) >= 11 is 0. The Morgan fingerprint density at radius 2 is 2.35 bits per heavy atom. The first-order valence-electron chi connectivity index (χ1n) is 6.70. The summed E-state index contributed by atoms with van der Waals surface area (Å²) in [6.07, 6.45) is 4.12. The highest BCUT2D eigenvalue weighted by Gasteiger charge is 2.11. The molecule has 0 saturated carbocycles. The third-order valence-electron chi connectivity index (χ3n) is 2.87. The number of nitrogens with zero attached hydrogens (tertiary/aromatic N) is 1. The van der Waals surface area contributed by atoms with Crippen molar-refractivity contribution >= 4 is 5.91 Å². The number of rotatable bonds is 6. The van der Waals surface area contributed by atoms with Crippen LogP contribution >= 0.6 is 0 Å². The highest BCUT2D eigenvalue weighted by atomic mass is 16.5. The number of benzene rings is 1. The fourth-order valence-electron chi connectivity index (χ4n) is 1.98. The van der Waals surface area contributed by atoms with E-state index in [1.54, 1.807) is 24.7 Å². The lowest BCUT2D eigenvalue weighted by Crippen LogP contribution is -2.34. The number of aromatic amines is 1. The molecule has 1 atom stereocenters. The smallest absolute Gasteiger partial charge is 0.251 e. The van der Waals surface area contributed by atoms with Crippen molar-refractivity contribution in [2.75, 3.05) is 6.61 Å². The first kappa shape index (κ1) is 14.1. The Hall–Kier alpha value is -2.30. The van der Waals surface area contributed by atoms with Crippen LogP contribution in [0.2, 0.25) is 0 Å². The van der Waals surface area contributed by atoms with Crippen molar-refractivity contribution in [1.29, 1.82) is 0 Å². The van der Waals surface area contributed by atoms with Gasteiger partial charge in [-0.1, -0.05) is 6.07 Å². The molecule has 0 aliphatic heterocycles. The monoisotopic (exact) mass is 273 g/mol. The molecule has 1 heterocycles. The Morgan fingerprint density at radius 1 is 1.50 bits per heavy atom. The van der Waals surface area contributed by atoms with Gasteiger partial charge in [-0.15, -0.1) is 0 Å².